The molecule has 0 aromatic heterocycles. The van der Waals surface area contributed by atoms with Gasteiger partial charge in [0.1, 0.15) is 4.90 Å². The van der Waals surface area contributed by atoms with Gasteiger partial charge in [-0.3, -0.25) is 4.79 Å². The Labute approximate surface area is 165 Å². The van der Waals surface area contributed by atoms with Crippen molar-refractivity contribution in [3.63, 3.8) is 0 Å². The number of rotatable bonds is 7. The average molecular weight is 422 g/mol. The number of hydrogen-bond acceptors (Lipinski definition) is 4. The first kappa shape index (κ1) is 21.4. The van der Waals surface area contributed by atoms with Gasteiger partial charge in [-0.1, -0.05) is 23.2 Å². The fraction of sp³-hybridized carbons (Fsp3) is 0.588. The van der Waals surface area contributed by atoms with Crippen LogP contribution in [0.25, 0.3) is 0 Å². The number of sulfonamides is 1. The lowest BCUT2D eigenvalue weighted by Crippen LogP contribution is -2.42. The molecule has 1 aromatic carbocycles. The number of halogens is 2. The molecule has 1 aromatic rings. The van der Waals surface area contributed by atoms with Crippen molar-refractivity contribution in [1.29, 1.82) is 0 Å². The van der Waals surface area contributed by atoms with Crippen molar-refractivity contribution >= 4 is 39.1 Å². The summed E-state index contributed by atoms with van der Waals surface area (Å²) < 4.78 is 27.9. The number of nitrogens with zero attached hydrogens (tertiary/aromatic N) is 1. The third-order valence-electron chi connectivity index (χ3n) is 4.71. The second-order valence-corrected chi connectivity index (χ2v) is 9.23. The van der Waals surface area contributed by atoms with Gasteiger partial charge in [-0.15, -0.1) is 0 Å². The molecular weight excluding hydrogens is 397 g/mol. The maximum atomic E-state index is 12.6. The SMILES string of the molecule is Cc1cc(Cl)c(C)c(S(=O)(=O)NCCCN2CCCC(C(N)=O)C2)c1Cl. The molecule has 1 aliphatic rings. The number of carbonyl (C=O) groups excluding carboxylic acids is 1. The molecule has 0 radical (unpaired) electrons. The van der Waals surface area contributed by atoms with Crippen molar-refractivity contribution in [1.82, 2.24) is 9.62 Å². The molecule has 0 aliphatic carbocycles. The molecule has 0 spiro atoms. The van der Waals surface area contributed by atoms with Crippen LogP contribution in [0.3, 0.4) is 0 Å². The number of piperidine rings is 1. The highest BCUT2D eigenvalue weighted by Gasteiger charge is 2.25. The van der Waals surface area contributed by atoms with Crippen LogP contribution in [0.1, 0.15) is 30.4 Å². The van der Waals surface area contributed by atoms with Crippen LogP contribution in [0, 0.1) is 19.8 Å². The van der Waals surface area contributed by atoms with Gasteiger partial charge in [0.25, 0.3) is 0 Å². The van der Waals surface area contributed by atoms with E-state index in [0.717, 1.165) is 19.4 Å². The van der Waals surface area contributed by atoms with Crippen molar-refractivity contribution in [3.05, 3.63) is 27.2 Å². The normalized spacial score (nSPS) is 18.8. The predicted molar refractivity (Wildman–Crippen MR) is 104 cm³/mol. The van der Waals surface area contributed by atoms with Gasteiger partial charge < -0.3 is 10.6 Å². The molecule has 146 valence electrons. The summed E-state index contributed by atoms with van der Waals surface area (Å²) in [5.41, 5.74) is 6.44. The standard InChI is InChI=1S/C17H25Cl2N3O3S/c1-11-9-14(18)12(2)16(15(11)19)26(24,25)21-6-4-8-22-7-3-5-13(10-22)17(20)23/h9,13,21H,3-8,10H2,1-2H3,(H2,20,23). The Morgan fingerprint density at radius 2 is 2.08 bits per heavy atom. The Hall–Kier alpha value is -0.860. The zero-order valence-electron chi connectivity index (χ0n) is 15.0. The molecule has 9 heteroatoms. The number of nitrogens with one attached hydrogen (secondary N) is 1. The van der Waals surface area contributed by atoms with Crippen LogP contribution in [0.15, 0.2) is 11.0 Å². The van der Waals surface area contributed by atoms with Gasteiger partial charge in [-0.2, -0.15) is 0 Å². The van der Waals surface area contributed by atoms with E-state index in [0.29, 0.717) is 35.7 Å². The maximum Gasteiger partial charge on any atom is 0.242 e. The number of benzene rings is 1. The van der Waals surface area contributed by atoms with Crippen LogP contribution in [0.5, 0.6) is 0 Å². The van der Waals surface area contributed by atoms with E-state index < -0.39 is 10.0 Å². The van der Waals surface area contributed by atoms with Gasteiger partial charge in [0.2, 0.25) is 15.9 Å². The second kappa shape index (κ2) is 8.89. The molecule has 0 bridgehead atoms. The van der Waals surface area contributed by atoms with Gasteiger partial charge in [0.15, 0.2) is 0 Å². The topological polar surface area (TPSA) is 92.5 Å². The minimum atomic E-state index is -3.75. The van der Waals surface area contributed by atoms with Crippen LogP contribution in [-0.2, 0) is 14.8 Å². The van der Waals surface area contributed by atoms with Crippen LogP contribution in [-0.4, -0.2) is 45.4 Å². The number of likely N-dealkylation sites (tertiary alicyclic amines) is 1. The van der Waals surface area contributed by atoms with Crippen molar-refractivity contribution in [2.75, 3.05) is 26.2 Å². The van der Waals surface area contributed by atoms with E-state index in [1.807, 2.05) is 0 Å². The average Bonchev–Trinajstić information content (AvgIpc) is 2.57. The molecule has 0 saturated carbocycles. The smallest absolute Gasteiger partial charge is 0.242 e. The lowest BCUT2D eigenvalue weighted by atomic mass is 9.97. The summed E-state index contributed by atoms with van der Waals surface area (Å²) in [4.78, 5) is 13.5. The molecule has 1 atom stereocenters. The molecule has 26 heavy (non-hydrogen) atoms. The zero-order chi connectivity index (χ0) is 19.5. The molecule has 1 fully saturated rings. The Morgan fingerprint density at radius 1 is 1.38 bits per heavy atom. The number of primary amides is 1. The van der Waals surface area contributed by atoms with E-state index in [1.165, 1.54) is 0 Å². The molecule has 1 heterocycles. The molecule has 1 unspecified atom stereocenters. The largest absolute Gasteiger partial charge is 0.369 e. The first-order valence-electron chi connectivity index (χ1n) is 8.60. The molecule has 1 aliphatic heterocycles. The van der Waals surface area contributed by atoms with Gasteiger partial charge in [-0.25, -0.2) is 13.1 Å². The second-order valence-electron chi connectivity index (χ2n) is 6.74. The lowest BCUT2D eigenvalue weighted by molar-refractivity contribution is -0.123. The van der Waals surface area contributed by atoms with Gasteiger partial charge in [0.05, 0.1) is 10.9 Å². The van der Waals surface area contributed by atoms with Gasteiger partial charge >= 0.3 is 0 Å². The highest BCUT2D eigenvalue weighted by atomic mass is 35.5. The first-order valence-corrected chi connectivity index (χ1v) is 10.8. The van der Waals surface area contributed by atoms with Crippen LogP contribution < -0.4 is 10.5 Å². The molecule has 1 amide bonds. The van der Waals surface area contributed by atoms with Crippen molar-refractivity contribution < 1.29 is 13.2 Å². The molecule has 1 saturated heterocycles. The van der Waals surface area contributed by atoms with Crippen molar-refractivity contribution in [2.24, 2.45) is 11.7 Å². The Balaban J connectivity index is 1.94. The summed E-state index contributed by atoms with van der Waals surface area (Å²) in [5, 5.41) is 0.567. The summed E-state index contributed by atoms with van der Waals surface area (Å²) in [7, 11) is -3.75. The van der Waals surface area contributed by atoms with Crippen LogP contribution in [0.2, 0.25) is 10.0 Å². The number of aryl methyl sites for hydroxylation is 1. The van der Waals surface area contributed by atoms with E-state index in [1.54, 1.807) is 19.9 Å². The number of carbonyl (C=O) groups is 1. The third-order valence-corrected chi connectivity index (χ3v) is 7.33. The highest BCUT2D eigenvalue weighted by molar-refractivity contribution is 7.89. The van der Waals surface area contributed by atoms with Crippen molar-refractivity contribution in [2.45, 2.75) is 38.0 Å². The van der Waals surface area contributed by atoms with Crippen LogP contribution >= 0.6 is 23.2 Å². The molecule has 6 nitrogen and oxygen atoms in total. The van der Waals surface area contributed by atoms with E-state index in [-0.39, 0.29) is 28.3 Å². The van der Waals surface area contributed by atoms with Crippen molar-refractivity contribution in [3.8, 4) is 0 Å². The molecule has 2 rings (SSSR count). The van der Waals surface area contributed by atoms with Gasteiger partial charge in [0, 0.05) is 18.1 Å². The van der Waals surface area contributed by atoms with E-state index in [9.17, 15) is 13.2 Å². The summed E-state index contributed by atoms with van der Waals surface area (Å²) in [6, 6.07) is 1.66. The van der Waals surface area contributed by atoms with Crippen LogP contribution in [0.4, 0.5) is 0 Å². The fourth-order valence-corrected chi connectivity index (χ4v) is 5.49. The van der Waals surface area contributed by atoms with E-state index >= 15 is 0 Å². The monoisotopic (exact) mass is 421 g/mol. The number of nitrogens with two attached hydrogens (primary N) is 1. The Kier molecular flexibility index (Phi) is 7.33. The lowest BCUT2D eigenvalue weighted by Gasteiger charge is -2.31. The number of amides is 1. The zero-order valence-corrected chi connectivity index (χ0v) is 17.3. The summed E-state index contributed by atoms with van der Waals surface area (Å²) in [6.45, 7) is 5.88. The van der Waals surface area contributed by atoms with E-state index in [2.05, 4.69) is 9.62 Å². The molecular formula is C17H25Cl2N3O3S. The maximum absolute atomic E-state index is 12.6. The predicted octanol–water partition coefficient (Wildman–Crippen LogP) is 2.48. The Bertz CT molecular complexity index is 758. The van der Waals surface area contributed by atoms with E-state index in [4.69, 9.17) is 28.9 Å². The third kappa shape index (κ3) is 5.10. The number of hydrogen-bond donors (Lipinski definition) is 2. The fourth-order valence-electron chi connectivity index (χ4n) is 3.21. The molecule has 3 N–H and O–H groups in total. The van der Waals surface area contributed by atoms with Gasteiger partial charge in [-0.05, 0) is 63.4 Å². The summed E-state index contributed by atoms with van der Waals surface area (Å²) in [6.07, 6.45) is 2.38. The summed E-state index contributed by atoms with van der Waals surface area (Å²) >= 11 is 12.3. The quantitative estimate of drug-likeness (QED) is 0.661. The minimum Gasteiger partial charge on any atom is -0.369 e. The highest BCUT2D eigenvalue weighted by Crippen LogP contribution is 2.33. The summed E-state index contributed by atoms with van der Waals surface area (Å²) in [5.74, 6) is -0.381. The first-order chi connectivity index (χ1) is 12.1. The Morgan fingerprint density at radius 3 is 2.73 bits per heavy atom. The minimum absolute atomic E-state index is 0.0379.